The van der Waals surface area contributed by atoms with Crippen LogP contribution in [0, 0.1) is 0 Å². The Morgan fingerprint density at radius 3 is 2.96 bits per heavy atom. The first-order valence-corrected chi connectivity index (χ1v) is 9.11. The number of anilines is 1. The first-order valence-electron chi connectivity index (χ1n) is 9.11. The molecule has 6 nitrogen and oxygen atoms in total. The molecule has 2 aliphatic heterocycles. The molecule has 2 amide bonds. The lowest BCUT2D eigenvalue weighted by Gasteiger charge is -2.29. The van der Waals surface area contributed by atoms with Gasteiger partial charge in [0.15, 0.2) is 0 Å². The summed E-state index contributed by atoms with van der Waals surface area (Å²) >= 11 is 0. The Morgan fingerprint density at radius 2 is 2.20 bits per heavy atom. The molecular weight excluding hydrogens is 320 g/mol. The maximum atomic E-state index is 12.7. The van der Waals surface area contributed by atoms with Gasteiger partial charge in [-0.25, -0.2) is 4.79 Å². The zero-order chi connectivity index (χ0) is 17.6. The van der Waals surface area contributed by atoms with Gasteiger partial charge in [-0.1, -0.05) is 12.1 Å². The molecule has 0 radical (unpaired) electrons. The standard InChI is InChI=1S/C19H26N2O4/c1-2-24-18(22)13-14-6-3-7-15(12-14)20-19(23)21-10-4-8-16(21)17-9-5-11-25-17/h3,6-7,12,16-17H,2,4-5,8-11,13H2,1H3,(H,20,23)/t16-,17+/m1/s1. The fourth-order valence-corrected chi connectivity index (χ4v) is 3.67. The topological polar surface area (TPSA) is 67.9 Å². The Hall–Kier alpha value is -2.08. The third-order valence-electron chi connectivity index (χ3n) is 4.79. The average Bonchev–Trinajstić information content (AvgIpc) is 3.26. The molecule has 136 valence electrons. The minimum atomic E-state index is -0.260. The molecule has 2 atom stereocenters. The van der Waals surface area contributed by atoms with Gasteiger partial charge in [0.05, 0.1) is 25.2 Å². The van der Waals surface area contributed by atoms with Gasteiger partial charge >= 0.3 is 12.0 Å². The molecule has 3 rings (SSSR count). The number of hydrogen-bond donors (Lipinski definition) is 1. The molecule has 0 aromatic heterocycles. The Balaban J connectivity index is 1.61. The van der Waals surface area contributed by atoms with Crippen molar-refractivity contribution in [2.45, 2.75) is 51.2 Å². The number of urea groups is 1. The molecule has 0 spiro atoms. The van der Waals surface area contributed by atoms with E-state index in [1.54, 1.807) is 6.92 Å². The third kappa shape index (κ3) is 4.51. The zero-order valence-electron chi connectivity index (χ0n) is 14.7. The number of esters is 1. The van der Waals surface area contributed by atoms with Gasteiger partial charge in [-0.2, -0.15) is 0 Å². The van der Waals surface area contributed by atoms with Crippen molar-refractivity contribution in [3.05, 3.63) is 29.8 Å². The summed E-state index contributed by atoms with van der Waals surface area (Å²) in [4.78, 5) is 26.2. The molecule has 0 aliphatic carbocycles. The maximum Gasteiger partial charge on any atom is 0.322 e. The first kappa shape index (κ1) is 17.7. The van der Waals surface area contributed by atoms with Gasteiger partial charge in [-0.05, 0) is 50.3 Å². The predicted molar refractivity (Wildman–Crippen MR) is 94.5 cm³/mol. The van der Waals surface area contributed by atoms with Crippen LogP contribution in [-0.2, 0) is 20.7 Å². The van der Waals surface area contributed by atoms with E-state index < -0.39 is 0 Å². The number of carbonyl (C=O) groups is 2. The smallest absolute Gasteiger partial charge is 0.322 e. The van der Waals surface area contributed by atoms with Crippen molar-refractivity contribution in [3.63, 3.8) is 0 Å². The number of hydrogen-bond acceptors (Lipinski definition) is 4. The van der Waals surface area contributed by atoms with E-state index in [4.69, 9.17) is 9.47 Å². The summed E-state index contributed by atoms with van der Waals surface area (Å²) in [5.74, 6) is -0.260. The highest BCUT2D eigenvalue weighted by atomic mass is 16.5. The highest BCUT2D eigenvalue weighted by molar-refractivity contribution is 5.90. The van der Waals surface area contributed by atoms with Crippen LogP contribution in [0.25, 0.3) is 0 Å². The van der Waals surface area contributed by atoms with E-state index >= 15 is 0 Å². The molecule has 25 heavy (non-hydrogen) atoms. The lowest BCUT2D eigenvalue weighted by Crippen LogP contribution is -2.44. The van der Waals surface area contributed by atoms with Gasteiger partial charge in [0, 0.05) is 18.8 Å². The van der Waals surface area contributed by atoms with Crippen molar-refractivity contribution in [2.24, 2.45) is 0 Å². The van der Waals surface area contributed by atoms with Crippen molar-refractivity contribution in [3.8, 4) is 0 Å². The van der Waals surface area contributed by atoms with Gasteiger partial charge in [0.1, 0.15) is 0 Å². The molecule has 2 fully saturated rings. The van der Waals surface area contributed by atoms with Gasteiger partial charge in [-0.15, -0.1) is 0 Å². The molecule has 2 aliphatic rings. The van der Waals surface area contributed by atoms with Gasteiger partial charge < -0.3 is 19.7 Å². The molecule has 1 N–H and O–H groups in total. The molecule has 0 saturated carbocycles. The second kappa shape index (κ2) is 8.34. The van der Waals surface area contributed by atoms with Crippen LogP contribution in [0.5, 0.6) is 0 Å². The summed E-state index contributed by atoms with van der Waals surface area (Å²) < 4.78 is 10.8. The van der Waals surface area contributed by atoms with Crippen LogP contribution in [0.15, 0.2) is 24.3 Å². The predicted octanol–water partition coefficient (Wildman–Crippen LogP) is 2.97. The van der Waals surface area contributed by atoms with Crippen LogP contribution in [0.2, 0.25) is 0 Å². The van der Waals surface area contributed by atoms with Crippen LogP contribution in [0.3, 0.4) is 0 Å². The molecular formula is C19H26N2O4. The summed E-state index contributed by atoms with van der Waals surface area (Å²) in [6, 6.07) is 7.44. The lowest BCUT2D eigenvalue weighted by atomic mass is 10.1. The van der Waals surface area contributed by atoms with E-state index in [9.17, 15) is 9.59 Å². The van der Waals surface area contributed by atoms with Crippen molar-refractivity contribution < 1.29 is 19.1 Å². The van der Waals surface area contributed by atoms with E-state index in [-0.39, 0.29) is 30.6 Å². The van der Waals surface area contributed by atoms with E-state index in [2.05, 4.69) is 5.32 Å². The molecule has 6 heteroatoms. The van der Waals surface area contributed by atoms with Crippen molar-refractivity contribution in [1.29, 1.82) is 0 Å². The molecule has 2 heterocycles. The number of nitrogens with one attached hydrogen (secondary N) is 1. The second-order valence-electron chi connectivity index (χ2n) is 6.57. The van der Waals surface area contributed by atoms with Crippen molar-refractivity contribution in [1.82, 2.24) is 4.90 Å². The van der Waals surface area contributed by atoms with Crippen molar-refractivity contribution in [2.75, 3.05) is 25.1 Å². The monoisotopic (exact) mass is 346 g/mol. The third-order valence-corrected chi connectivity index (χ3v) is 4.79. The number of carbonyl (C=O) groups excluding carboxylic acids is 2. The van der Waals surface area contributed by atoms with E-state index in [0.29, 0.717) is 12.3 Å². The Kier molecular flexibility index (Phi) is 5.91. The van der Waals surface area contributed by atoms with E-state index in [1.807, 2.05) is 29.2 Å². The zero-order valence-corrected chi connectivity index (χ0v) is 14.7. The van der Waals surface area contributed by atoms with E-state index in [1.165, 1.54) is 0 Å². The van der Waals surface area contributed by atoms with Gasteiger partial charge in [0.25, 0.3) is 0 Å². The Labute approximate surface area is 148 Å². The summed E-state index contributed by atoms with van der Waals surface area (Å²) in [7, 11) is 0. The summed E-state index contributed by atoms with van der Waals surface area (Å²) in [5, 5.41) is 2.96. The second-order valence-corrected chi connectivity index (χ2v) is 6.57. The SMILES string of the molecule is CCOC(=O)Cc1cccc(NC(=O)N2CCC[C@@H]2[C@@H]2CCCO2)c1. The molecule has 0 bridgehead atoms. The summed E-state index contributed by atoms with van der Waals surface area (Å²) in [6.07, 6.45) is 4.50. The molecule has 2 saturated heterocycles. The van der Waals surface area contributed by atoms with Crippen LogP contribution in [-0.4, -0.2) is 48.8 Å². The Bertz CT molecular complexity index is 613. The fourth-order valence-electron chi connectivity index (χ4n) is 3.67. The first-order chi connectivity index (χ1) is 12.2. The summed E-state index contributed by atoms with van der Waals surface area (Å²) in [5.41, 5.74) is 1.53. The summed E-state index contributed by atoms with van der Waals surface area (Å²) in [6.45, 7) is 3.72. The normalized spacial score (nSPS) is 22.8. The molecule has 0 unspecified atom stereocenters. The average molecular weight is 346 g/mol. The van der Waals surface area contributed by atoms with Crippen LogP contribution >= 0.6 is 0 Å². The number of rotatable bonds is 5. The highest BCUT2D eigenvalue weighted by Crippen LogP contribution is 2.28. The van der Waals surface area contributed by atoms with Crippen LogP contribution in [0.1, 0.15) is 38.2 Å². The number of nitrogens with zero attached hydrogens (tertiary/aromatic N) is 1. The van der Waals surface area contributed by atoms with Crippen LogP contribution < -0.4 is 5.32 Å². The van der Waals surface area contributed by atoms with Crippen molar-refractivity contribution >= 4 is 17.7 Å². The Morgan fingerprint density at radius 1 is 1.32 bits per heavy atom. The number of amides is 2. The molecule has 1 aromatic carbocycles. The van der Waals surface area contributed by atoms with Gasteiger partial charge in [0.2, 0.25) is 0 Å². The fraction of sp³-hybridized carbons (Fsp3) is 0.579. The highest BCUT2D eigenvalue weighted by Gasteiger charge is 2.36. The number of ether oxygens (including phenoxy) is 2. The quantitative estimate of drug-likeness (QED) is 0.832. The number of benzene rings is 1. The van der Waals surface area contributed by atoms with Crippen LogP contribution in [0.4, 0.5) is 10.5 Å². The van der Waals surface area contributed by atoms with E-state index in [0.717, 1.165) is 44.4 Å². The van der Waals surface area contributed by atoms with Gasteiger partial charge in [-0.3, -0.25) is 4.79 Å². The minimum Gasteiger partial charge on any atom is -0.466 e. The molecule has 1 aromatic rings. The minimum absolute atomic E-state index is 0.0914. The largest absolute Gasteiger partial charge is 0.466 e. The number of likely N-dealkylation sites (tertiary alicyclic amines) is 1. The lowest BCUT2D eigenvalue weighted by molar-refractivity contribution is -0.142. The maximum absolute atomic E-state index is 12.7.